The van der Waals surface area contributed by atoms with Crippen molar-refractivity contribution in [2.24, 2.45) is 0 Å². The lowest BCUT2D eigenvalue weighted by molar-refractivity contribution is 0.112. The van der Waals surface area contributed by atoms with Gasteiger partial charge in [-0.2, -0.15) is 0 Å². The number of carbonyl (C=O) groups is 1. The molecule has 4 heteroatoms. The Labute approximate surface area is 102 Å². The van der Waals surface area contributed by atoms with Crippen molar-refractivity contribution in [1.29, 1.82) is 0 Å². The fourth-order valence-electron chi connectivity index (χ4n) is 1.93. The van der Waals surface area contributed by atoms with Crippen LogP contribution in [0.25, 0.3) is 22.2 Å². The fourth-order valence-corrected chi connectivity index (χ4v) is 1.93. The highest BCUT2D eigenvalue weighted by Crippen LogP contribution is 2.29. The summed E-state index contributed by atoms with van der Waals surface area (Å²) in [6, 6.07) is 11.3. The average molecular weight is 241 g/mol. The molecule has 18 heavy (non-hydrogen) atoms. The van der Waals surface area contributed by atoms with Crippen molar-refractivity contribution < 1.29 is 13.7 Å². The van der Waals surface area contributed by atoms with Crippen molar-refractivity contribution >= 4 is 17.3 Å². The third-order valence-electron chi connectivity index (χ3n) is 2.77. The molecule has 0 aliphatic carbocycles. The molecule has 0 bridgehead atoms. The minimum atomic E-state index is -0.450. The predicted molar refractivity (Wildman–Crippen MR) is 64.8 cm³/mol. The first-order valence-electron chi connectivity index (χ1n) is 5.39. The fraction of sp³-hybridized carbons (Fsp3) is 0. The Morgan fingerprint density at radius 3 is 2.83 bits per heavy atom. The minimum absolute atomic E-state index is 0.258. The number of aromatic nitrogens is 1. The van der Waals surface area contributed by atoms with Crippen molar-refractivity contribution in [2.45, 2.75) is 0 Å². The molecule has 3 nitrogen and oxygen atoms in total. The molecular weight excluding hydrogens is 233 g/mol. The Morgan fingerprint density at radius 1 is 1.17 bits per heavy atom. The summed E-state index contributed by atoms with van der Waals surface area (Å²) in [5.74, 6) is -0.450. The molecule has 0 aliphatic heterocycles. The van der Waals surface area contributed by atoms with Gasteiger partial charge in [0.15, 0.2) is 11.9 Å². The third-order valence-corrected chi connectivity index (χ3v) is 2.77. The molecule has 3 rings (SSSR count). The van der Waals surface area contributed by atoms with Crippen LogP contribution in [0, 0.1) is 5.82 Å². The number of aldehydes is 1. The van der Waals surface area contributed by atoms with E-state index in [1.54, 1.807) is 6.07 Å². The van der Waals surface area contributed by atoms with Crippen LogP contribution in [-0.2, 0) is 0 Å². The van der Waals surface area contributed by atoms with Gasteiger partial charge in [0.1, 0.15) is 11.5 Å². The molecule has 0 radical (unpaired) electrons. The standard InChI is InChI=1S/C14H8FNO2/c15-10-5-6-11(9(7-10)8-17)14-12-3-1-2-4-13(12)18-16-14/h1-8H. The Kier molecular flexibility index (Phi) is 2.41. The molecule has 2 aromatic carbocycles. The first-order valence-corrected chi connectivity index (χ1v) is 5.39. The number of para-hydroxylation sites is 1. The molecule has 0 aliphatic rings. The molecule has 0 N–H and O–H groups in total. The molecule has 0 saturated carbocycles. The monoisotopic (exact) mass is 241 g/mol. The van der Waals surface area contributed by atoms with Gasteiger partial charge in [0.25, 0.3) is 0 Å². The van der Waals surface area contributed by atoms with E-state index in [2.05, 4.69) is 5.16 Å². The molecule has 0 unspecified atom stereocenters. The number of fused-ring (bicyclic) bond motifs is 1. The maximum Gasteiger partial charge on any atom is 0.167 e. The van der Waals surface area contributed by atoms with Crippen LogP contribution < -0.4 is 0 Å². The van der Waals surface area contributed by atoms with Gasteiger partial charge in [0, 0.05) is 16.5 Å². The second-order valence-electron chi connectivity index (χ2n) is 3.88. The number of benzene rings is 2. The number of carbonyl (C=O) groups excluding carboxylic acids is 1. The number of halogens is 1. The average Bonchev–Trinajstić information content (AvgIpc) is 2.82. The van der Waals surface area contributed by atoms with E-state index in [4.69, 9.17) is 4.52 Å². The number of hydrogen-bond acceptors (Lipinski definition) is 3. The van der Waals surface area contributed by atoms with Crippen LogP contribution in [-0.4, -0.2) is 11.4 Å². The lowest BCUT2D eigenvalue weighted by Gasteiger charge is -2.01. The van der Waals surface area contributed by atoms with Crippen molar-refractivity contribution in [3.05, 3.63) is 53.8 Å². The molecule has 0 spiro atoms. The Balaban J connectivity index is 2.29. The number of hydrogen-bond donors (Lipinski definition) is 0. The van der Waals surface area contributed by atoms with Crippen LogP contribution >= 0.6 is 0 Å². The SMILES string of the molecule is O=Cc1cc(F)ccc1-c1noc2ccccc12. The van der Waals surface area contributed by atoms with Crippen LogP contribution in [0.5, 0.6) is 0 Å². The Bertz CT molecular complexity index is 733. The van der Waals surface area contributed by atoms with Gasteiger partial charge in [-0.3, -0.25) is 4.79 Å². The first-order chi connectivity index (χ1) is 8.79. The quantitative estimate of drug-likeness (QED) is 0.645. The molecule has 88 valence electrons. The molecule has 3 aromatic rings. The van der Waals surface area contributed by atoms with E-state index in [1.165, 1.54) is 18.2 Å². The van der Waals surface area contributed by atoms with E-state index >= 15 is 0 Å². The van der Waals surface area contributed by atoms with E-state index < -0.39 is 5.82 Å². The van der Waals surface area contributed by atoms with Crippen LogP contribution in [0.2, 0.25) is 0 Å². The first kappa shape index (κ1) is 10.7. The van der Waals surface area contributed by atoms with Crippen molar-refractivity contribution in [3.63, 3.8) is 0 Å². The smallest absolute Gasteiger partial charge is 0.167 e. The normalized spacial score (nSPS) is 10.7. The molecule has 0 saturated heterocycles. The number of rotatable bonds is 2. The van der Waals surface area contributed by atoms with Gasteiger partial charge in [0.2, 0.25) is 0 Å². The summed E-state index contributed by atoms with van der Waals surface area (Å²) in [7, 11) is 0. The maximum absolute atomic E-state index is 13.1. The van der Waals surface area contributed by atoms with Crippen LogP contribution in [0.1, 0.15) is 10.4 Å². The highest BCUT2D eigenvalue weighted by Gasteiger charge is 2.13. The van der Waals surface area contributed by atoms with E-state index in [1.807, 2.05) is 18.2 Å². The third kappa shape index (κ3) is 1.59. The summed E-state index contributed by atoms with van der Waals surface area (Å²) in [6.45, 7) is 0. The van der Waals surface area contributed by atoms with Gasteiger partial charge in [-0.05, 0) is 30.3 Å². The van der Waals surface area contributed by atoms with Gasteiger partial charge in [-0.25, -0.2) is 4.39 Å². The van der Waals surface area contributed by atoms with Crippen LogP contribution in [0.4, 0.5) is 4.39 Å². The molecule has 0 amide bonds. The van der Waals surface area contributed by atoms with Crippen molar-refractivity contribution in [3.8, 4) is 11.3 Å². The van der Waals surface area contributed by atoms with Gasteiger partial charge in [-0.1, -0.05) is 17.3 Å². The van der Waals surface area contributed by atoms with E-state index in [0.29, 0.717) is 23.1 Å². The lowest BCUT2D eigenvalue weighted by atomic mass is 10.0. The summed E-state index contributed by atoms with van der Waals surface area (Å²) < 4.78 is 18.3. The van der Waals surface area contributed by atoms with Gasteiger partial charge >= 0.3 is 0 Å². The number of nitrogens with zero attached hydrogens (tertiary/aromatic N) is 1. The summed E-state index contributed by atoms with van der Waals surface area (Å²) in [5.41, 5.74) is 2.01. The maximum atomic E-state index is 13.1. The van der Waals surface area contributed by atoms with Crippen LogP contribution in [0.15, 0.2) is 47.0 Å². The second-order valence-corrected chi connectivity index (χ2v) is 3.88. The molecule has 0 fully saturated rings. The van der Waals surface area contributed by atoms with Crippen LogP contribution in [0.3, 0.4) is 0 Å². The zero-order chi connectivity index (χ0) is 12.5. The topological polar surface area (TPSA) is 43.1 Å². The van der Waals surface area contributed by atoms with Gasteiger partial charge in [-0.15, -0.1) is 0 Å². The summed E-state index contributed by atoms with van der Waals surface area (Å²) >= 11 is 0. The van der Waals surface area contributed by atoms with Crippen molar-refractivity contribution in [1.82, 2.24) is 5.16 Å². The largest absolute Gasteiger partial charge is 0.356 e. The van der Waals surface area contributed by atoms with E-state index in [9.17, 15) is 9.18 Å². The van der Waals surface area contributed by atoms with Gasteiger partial charge < -0.3 is 4.52 Å². The van der Waals surface area contributed by atoms with E-state index in [-0.39, 0.29) is 5.56 Å². The molecular formula is C14H8FNO2. The summed E-state index contributed by atoms with van der Waals surface area (Å²) in [5, 5.41) is 4.75. The zero-order valence-corrected chi connectivity index (χ0v) is 9.26. The lowest BCUT2D eigenvalue weighted by Crippen LogP contribution is -1.89. The molecule has 0 atom stereocenters. The zero-order valence-electron chi connectivity index (χ0n) is 9.26. The molecule has 1 heterocycles. The summed E-state index contributed by atoms with van der Waals surface area (Å²) in [6.07, 6.45) is 0.613. The Morgan fingerprint density at radius 2 is 2.00 bits per heavy atom. The van der Waals surface area contributed by atoms with Gasteiger partial charge in [0.05, 0.1) is 0 Å². The summed E-state index contributed by atoms with van der Waals surface area (Å²) in [4.78, 5) is 11.0. The minimum Gasteiger partial charge on any atom is -0.356 e. The molecule has 1 aromatic heterocycles. The van der Waals surface area contributed by atoms with Crippen molar-refractivity contribution in [2.75, 3.05) is 0 Å². The van der Waals surface area contributed by atoms with E-state index in [0.717, 1.165) is 5.39 Å². The highest BCUT2D eigenvalue weighted by molar-refractivity contribution is 5.97. The highest BCUT2D eigenvalue weighted by atomic mass is 19.1. The second kappa shape index (κ2) is 4.07. The predicted octanol–water partition coefficient (Wildman–Crippen LogP) is 3.45. The Hall–Kier alpha value is -2.49.